The maximum atomic E-state index is 11.8. The smallest absolute Gasteiger partial charge is 0.226 e. The Morgan fingerprint density at radius 3 is 2.32 bits per heavy atom. The molecule has 6 heteroatoms. The first-order valence-electron chi connectivity index (χ1n) is 6.19. The summed E-state index contributed by atoms with van der Waals surface area (Å²) in [4.78, 5) is 12.1. The predicted molar refractivity (Wildman–Crippen MR) is 72.5 cm³/mol. The quantitative estimate of drug-likeness (QED) is 0.842. The molecule has 19 heavy (non-hydrogen) atoms. The fourth-order valence-electron chi connectivity index (χ4n) is 1.89. The molecule has 1 heterocycles. The van der Waals surface area contributed by atoms with Crippen LogP contribution in [0, 0.1) is 5.92 Å². The van der Waals surface area contributed by atoms with Crippen LogP contribution in [-0.4, -0.2) is 33.7 Å². The van der Waals surface area contributed by atoms with Gasteiger partial charge in [-0.3, -0.25) is 4.79 Å². The van der Waals surface area contributed by atoms with Crippen LogP contribution in [-0.2, 0) is 14.6 Å². The first-order valence-corrected chi connectivity index (χ1v) is 8.08. The molecular formula is C13H18N2O3S. The zero-order valence-electron chi connectivity index (χ0n) is 11.0. The van der Waals surface area contributed by atoms with E-state index in [9.17, 15) is 13.2 Å². The molecule has 1 amide bonds. The van der Waals surface area contributed by atoms with Gasteiger partial charge in [0.2, 0.25) is 5.91 Å². The van der Waals surface area contributed by atoms with Crippen LogP contribution in [0.4, 0.5) is 0 Å². The summed E-state index contributed by atoms with van der Waals surface area (Å²) in [5, 5.41) is 5.98. The highest BCUT2D eigenvalue weighted by Crippen LogP contribution is 2.17. The van der Waals surface area contributed by atoms with Crippen molar-refractivity contribution in [2.24, 2.45) is 5.92 Å². The van der Waals surface area contributed by atoms with E-state index in [0.29, 0.717) is 0 Å². The molecule has 0 radical (unpaired) electrons. The zero-order valence-corrected chi connectivity index (χ0v) is 11.8. The van der Waals surface area contributed by atoms with Crippen LogP contribution in [0.1, 0.15) is 18.5 Å². The Labute approximate surface area is 113 Å². The Kier molecular flexibility index (Phi) is 3.91. The number of rotatable bonds is 4. The second kappa shape index (κ2) is 5.30. The van der Waals surface area contributed by atoms with Gasteiger partial charge in [-0.15, -0.1) is 0 Å². The van der Waals surface area contributed by atoms with E-state index >= 15 is 0 Å². The lowest BCUT2D eigenvalue weighted by Crippen LogP contribution is -2.51. The minimum absolute atomic E-state index is 0.0402. The molecule has 104 valence electrons. The molecular weight excluding hydrogens is 264 g/mol. The molecule has 1 saturated heterocycles. The molecule has 0 spiro atoms. The van der Waals surface area contributed by atoms with Crippen LogP contribution >= 0.6 is 0 Å². The lowest BCUT2D eigenvalue weighted by Gasteiger charge is -2.27. The van der Waals surface area contributed by atoms with Gasteiger partial charge in [0.05, 0.1) is 16.9 Å². The Hall–Kier alpha value is -1.40. The Balaban J connectivity index is 2.03. The molecule has 1 atom stereocenters. The standard InChI is InChI=1S/C13H18N2O3S/c1-9(15-13(16)11-7-14-8-11)10-3-5-12(6-4-10)19(2,17)18/h3-6,9,11,14H,7-8H2,1-2H3,(H,15,16). The Morgan fingerprint density at radius 1 is 1.32 bits per heavy atom. The van der Waals surface area contributed by atoms with E-state index in [2.05, 4.69) is 10.6 Å². The van der Waals surface area contributed by atoms with Crippen molar-refractivity contribution >= 4 is 15.7 Å². The van der Waals surface area contributed by atoms with E-state index in [-0.39, 0.29) is 22.8 Å². The number of carbonyl (C=O) groups excluding carboxylic acids is 1. The van der Waals surface area contributed by atoms with Crippen LogP contribution < -0.4 is 10.6 Å². The lowest BCUT2D eigenvalue weighted by molar-refractivity contribution is -0.127. The molecule has 5 nitrogen and oxygen atoms in total. The first kappa shape index (κ1) is 14.0. The third-order valence-electron chi connectivity index (χ3n) is 3.32. The van der Waals surface area contributed by atoms with E-state index in [1.807, 2.05) is 6.92 Å². The number of benzene rings is 1. The van der Waals surface area contributed by atoms with E-state index in [0.717, 1.165) is 18.7 Å². The second-order valence-electron chi connectivity index (χ2n) is 4.93. The largest absolute Gasteiger partial charge is 0.349 e. The molecule has 0 aromatic heterocycles. The van der Waals surface area contributed by atoms with Gasteiger partial charge < -0.3 is 10.6 Å². The van der Waals surface area contributed by atoms with E-state index in [1.165, 1.54) is 6.26 Å². The number of hydrogen-bond donors (Lipinski definition) is 2. The minimum Gasteiger partial charge on any atom is -0.349 e. The highest BCUT2D eigenvalue weighted by atomic mass is 32.2. The summed E-state index contributed by atoms with van der Waals surface area (Å²) >= 11 is 0. The fraction of sp³-hybridized carbons (Fsp3) is 0.462. The minimum atomic E-state index is -3.17. The molecule has 1 aromatic carbocycles. The Morgan fingerprint density at radius 2 is 1.89 bits per heavy atom. The van der Waals surface area contributed by atoms with Gasteiger partial charge in [0.15, 0.2) is 9.84 Å². The summed E-state index contributed by atoms with van der Waals surface area (Å²) in [5.74, 6) is 0.0937. The maximum Gasteiger partial charge on any atom is 0.226 e. The summed E-state index contributed by atoms with van der Waals surface area (Å²) in [7, 11) is -3.17. The highest BCUT2D eigenvalue weighted by molar-refractivity contribution is 7.90. The predicted octanol–water partition coefficient (Wildman–Crippen LogP) is 0.487. The van der Waals surface area contributed by atoms with E-state index < -0.39 is 9.84 Å². The van der Waals surface area contributed by atoms with Crippen LogP contribution in [0.5, 0.6) is 0 Å². The number of nitrogens with one attached hydrogen (secondary N) is 2. The molecule has 0 saturated carbocycles. The van der Waals surface area contributed by atoms with E-state index in [1.54, 1.807) is 24.3 Å². The van der Waals surface area contributed by atoms with Crippen molar-refractivity contribution < 1.29 is 13.2 Å². The van der Waals surface area contributed by atoms with Crippen LogP contribution in [0.2, 0.25) is 0 Å². The van der Waals surface area contributed by atoms with Gasteiger partial charge in [0, 0.05) is 19.3 Å². The van der Waals surface area contributed by atoms with Gasteiger partial charge in [-0.05, 0) is 24.6 Å². The average molecular weight is 282 g/mol. The third-order valence-corrected chi connectivity index (χ3v) is 4.45. The molecule has 1 aromatic rings. The van der Waals surface area contributed by atoms with Gasteiger partial charge in [-0.2, -0.15) is 0 Å². The van der Waals surface area contributed by atoms with Crippen molar-refractivity contribution in [1.82, 2.24) is 10.6 Å². The summed E-state index contributed by atoms with van der Waals surface area (Å²) < 4.78 is 22.7. The van der Waals surface area contributed by atoms with E-state index in [4.69, 9.17) is 0 Å². The van der Waals surface area contributed by atoms with Gasteiger partial charge in [0.25, 0.3) is 0 Å². The van der Waals surface area contributed by atoms with Crippen LogP contribution in [0.3, 0.4) is 0 Å². The second-order valence-corrected chi connectivity index (χ2v) is 6.94. The number of sulfone groups is 1. The molecule has 2 rings (SSSR count). The van der Waals surface area contributed by atoms with Crippen molar-refractivity contribution in [2.45, 2.75) is 17.9 Å². The monoisotopic (exact) mass is 282 g/mol. The molecule has 1 fully saturated rings. The SMILES string of the molecule is CC(NC(=O)C1CNC1)c1ccc(S(C)(=O)=O)cc1. The molecule has 0 aliphatic carbocycles. The first-order chi connectivity index (χ1) is 8.88. The zero-order chi connectivity index (χ0) is 14.0. The summed E-state index contributed by atoms with van der Waals surface area (Å²) in [5.41, 5.74) is 0.896. The van der Waals surface area contributed by atoms with Crippen molar-refractivity contribution in [2.75, 3.05) is 19.3 Å². The maximum absolute atomic E-state index is 11.8. The molecule has 1 unspecified atom stereocenters. The lowest BCUT2D eigenvalue weighted by atomic mass is 10.0. The highest BCUT2D eigenvalue weighted by Gasteiger charge is 2.25. The molecule has 0 bridgehead atoms. The molecule has 1 aliphatic rings. The molecule has 1 aliphatic heterocycles. The van der Waals surface area contributed by atoms with Gasteiger partial charge in [-0.1, -0.05) is 12.1 Å². The number of hydrogen-bond acceptors (Lipinski definition) is 4. The van der Waals surface area contributed by atoms with Gasteiger partial charge in [0.1, 0.15) is 0 Å². The van der Waals surface area contributed by atoms with Crippen LogP contribution in [0.25, 0.3) is 0 Å². The van der Waals surface area contributed by atoms with Crippen molar-refractivity contribution in [1.29, 1.82) is 0 Å². The third kappa shape index (κ3) is 3.33. The van der Waals surface area contributed by atoms with Gasteiger partial charge in [-0.25, -0.2) is 8.42 Å². The molecule has 2 N–H and O–H groups in total. The normalized spacial score (nSPS) is 17.6. The Bertz CT molecular complexity index is 562. The average Bonchev–Trinajstić information content (AvgIpc) is 2.25. The fourth-order valence-corrected chi connectivity index (χ4v) is 2.52. The summed E-state index contributed by atoms with van der Waals surface area (Å²) in [6.07, 6.45) is 1.18. The number of amides is 1. The van der Waals surface area contributed by atoms with Crippen molar-refractivity contribution in [3.05, 3.63) is 29.8 Å². The van der Waals surface area contributed by atoms with Crippen molar-refractivity contribution in [3.63, 3.8) is 0 Å². The van der Waals surface area contributed by atoms with Crippen molar-refractivity contribution in [3.8, 4) is 0 Å². The topological polar surface area (TPSA) is 75.3 Å². The summed E-state index contributed by atoms with van der Waals surface area (Å²) in [6.45, 7) is 3.34. The summed E-state index contributed by atoms with van der Waals surface area (Å²) in [6, 6.07) is 6.48. The van der Waals surface area contributed by atoms with Gasteiger partial charge >= 0.3 is 0 Å². The van der Waals surface area contributed by atoms with Crippen LogP contribution in [0.15, 0.2) is 29.2 Å². The number of carbonyl (C=O) groups is 1.